The van der Waals surface area contributed by atoms with Crippen LogP contribution in [-0.2, 0) is 9.53 Å². The molecule has 1 aliphatic carbocycles. The summed E-state index contributed by atoms with van der Waals surface area (Å²) in [4.78, 5) is 18.3. The Hall–Kier alpha value is -2.10. The highest BCUT2D eigenvalue weighted by molar-refractivity contribution is 5.93. The minimum Gasteiger partial charge on any atom is -0.465 e. The van der Waals surface area contributed by atoms with Gasteiger partial charge in [-0.25, -0.2) is 0 Å². The van der Waals surface area contributed by atoms with Crippen molar-refractivity contribution >= 4 is 22.6 Å². The molecule has 1 heterocycles. The molecule has 0 unspecified atom stereocenters. The number of rotatable bonds is 5. The van der Waals surface area contributed by atoms with E-state index in [2.05, 4.69) is 16.0 Å². The molecule has 104 valence electrons. The normalized spacial score (nSPS) is 14.2. The highest BCUT2D eigenvalue weighted by atomic mass is 16.5. The first-order chi connectivity index (χ1) is 9.79. The van der Waals surface area contributed by atoms with Gasteiger partial charge in [0, 0.05) is 23.3 Å². The lowest BCUT2D eigenvalue weighted by Crippen LogP contribution is -2.33. The first kappa shape index (κ1) is 12.9. The maximum atomic E-state index is 11.8. The average molecular weight is 270 g/mol. The molecule has 4 heteroatoms. The second-order valence-electron chi connectivity index (χ2n) is 5.01. The number of carbonyl (C=O) groups is 1. The topological polar surface area (TPSA) is 42.4 Å². The van der Waals surface area contributed by atoms with E-state index >= 15 is 0 Å². The molecule has 2 aromatic rings. The van der Waals surface area contributed by atoms with Gasteiger partial charge >= 0.3 is 5.97 Å². The summed E-state index contributed by atoms with van der Waals surface area (Å²) < 4.78 is 5.09. The number of nitrogens with zero attached hydrogens (tertiary/aromatic N) is 2. The molecule has 0 saturated heterocycles. The highest BCUT2D eigenvalue weighted by Gasteiger charge is 2.31. The van der Waals surface area contributed by atoms with E-state index in [0.29, 0.717) is 19.2 Å². The number of aromatic nitrogens is 1. The molecule has 4 nitrogen and oxygen atoms in total. The molecule has 1 aromatic heterocycles. The minimum absolute atomic E-state index is 0.166. The molecule has 0 amide bonds. The smallest absolute Gasteiger partial charge is 0.325 e. The maximum absolute atomic E-state index is 11.8. The van der Waals surface area contributed by atoms with Crippen LogP contribution in [0.4, 0.5) is 5.69 Å². The van der Waals surface area contributed by atoms with Gasteiger partial charge in [0.1, 0.15) is 6.54 Å². The number of para-hydroxylation sites is 1. The van der Waals surface area contributed by atoms with E-state index in [4.69, 9.17) is 4.74 Å². The molecule has 1 aromatic carbocycles. The zero-order chi connectivity index (χ0) is 13.9. The Morgan fingerprint density at radius 2 is 2.15 bits per heavy atom. The summed E-state index contributed by atoms with van der Waals surface area (Å²) in [6, 6.07) is 10.5. The van der Waals surface area contributed by atoms with Crippen molar-refractivity contribution < 1.29 is 9.53 Å². The lowest BCUT2D eigenvalue weighted by Gasteiger charge is -2.24. The Kier molecular flexibility index (Phi) is 3.54. The Balaban J connectivity index is 1.95. The Labute approximate surface area is 118 Å². The van der Waals surface area contributed by atoms with Crippen molar-refractivity contribution in [1.82, 2.24) is 4.98 Å². The van der Waals surface area contributed by atoms with Crippen LogP contribution >= 0.6 is 0 Å². The third-order valence-electron chi connectivity index (χ3n) is 3.53. The van der Waals surface area contributed by atoms with Crippen molar-refractivity contribution in [2.24, 2.45) is 0 Å². The lowest BCUT2D eigenvalue weighted by molar-refractivity contribution is -0.141. The summed E-state index contributed by atoms with van der Waals surface area (Å²) in [5.41, 5.74) is 2.03. The number of hydrogen-bond acceptors (Lipinski definition) is 4. The summed E-state index contributed by atoms with van der Waals surface area (Å²) >= 11 is 0. The molecule has 0 spiro atoms. The molecule has 20 heavy (non-hydrogen) atoms. The summed E-state index contributed by atoms with van der Waals surface area (Å²) in [6.45, 7) is 2.57. The van der Waals surface area contributed by atoms with Crippen LogP contribution in [0.5, 0.6) is 0 Å². The Morgan fingerprint density at radius 3 is 2.90 bits per heavy atom. The predicted octanol–water partition coefficient (Wildman–Crippen LogP) is 2.77. The molecule has 0 aliphatic heterocycles. The lowest BCUT2D eigenvalue weighted by atomic mass is 10.1. The number of pyridine rings is 1. The fourth-order valence-electron chi connectivity index (χ4n) is 2.47. The second-order valence-corrected chi connectivity index (χ2v) is 5.01. The molecule has 1 aliphatic rings. The van der Waals surface area contributed by atoms with Gasteiger partial charge in [-0.2, -0.15) is 0 Å². The molecular weight excluding hydrogens is 252 g/mol. The van der Waals surface area contributed by atoms with Crippen molar-refractivity contribution in [2.75, 3.05) is 18.1 Å². The van der Waals surface area contributed by atoms with Gasteiger partial charge < -0.3 is 9.64 Å². The first-order valence-corrected chi connectivity index (χ1v) is 7.05. The number of ether oxygens (including phenoxy) is 1. The second kappa shape index (κ2) is 5.49. The van der Waals surface area contributed by atoms with Gasteiger partial charge in [-0.05, 0) is 31.9 Å². The van der Waals surface area contributed by atoms with Gasteiger partial charge in [-0.1, -0.05) is 18.2 Å². The SMILES string of the molecule is CCOC(=O)CN(c1ccnc2ccccc12)C1CC1. The Morgan fingerprint density at radius 1 is 1.35 bits per heavy atom. The Bertz CT molecular complexity index is 617. The van der Waals surface area contributed by atoms with Crippen LogP contribution in [0.1, 0.15) is 19.8 Å². The van der Waals surface area contributed by atoms with Gasteiger partial charge in [0.2, 0.25) is 0 Å². The van der Waals surface area contributed by atoms with Crippen LogP contribution in [0.2, 0.25) is 0 Å². The minimum atomic E-state index is -0.166. The van der Waals surface area contributed by atoms with E-state index in [-0.39, 0.29) is 5.97 Å². The number of carbonyl (C=O) groups excluding carboxylic acids is 1. The van der Waals surface area contributed by atoms with E-state index < -0.39 is 0 Å². The van der Waals surface area contributed by atoms with Crippen molar-refractivity contribution in [3.8, 4) is 0 Å². The van der Waals surface area contributed by atoms with Gasteiger partial charge in [0.25, 0.3) is 0 Å². The third kappa shape index (κ3) is 2.59. The fraction of sp³-hybridized carbons (Fsp3) is 0.375. The predicted molar refractivity (Wildman–Crippen MR) is 78.7 cm³/mol. The van der Waals surface area contributed by atoms with Crippen LogP contribution in [0.25, 0.3) is 10.9 Å². The van der Waals surface area contributed by atoms with Gasteiger partial charge in [-0.15, -0.1) is 0 Å². The van der Waals surface area contributed by atoms with E-state index in [1.807, 2.05) is 31.2 Å². The fourth-order valence-corrected chi connectivity index (χ4v) is 2.47. The number of esters is 1. The zero-order valence-electron chi connectivity index (χ0n) is 11.6. The van der Waals surface area contributed by atoms with Crippen molar-refractivity contribution in [2.45, 2.75) is 25.8 Å². The zero-order valence-corrected chi connectivity index (χ0v) is 11.6. The number of anilines is 1. The van der Waals surface area contributed by atoms with Crippen molar-refractivity contribution in [1.29, 1.82) is 0 Å². The van der Waals surface area contributed by atoms with Gasteiger partial charge in [0.15, 0.2) is 0 Å². The first-order valence-electron chi connectivity index (χ1n) is 7.05. The summed E-state index contributed by atoms with van der Waals surface area (Å²) in [5.74, 6) is -0.166. The molecular formula is C16H18N2O2. The maximum Gasteiger partial charge on any atom is 0.325 e. The highest BCUT2D eigenvalue weighted by Crippen LogP contribution is 2.34. The van der Waals surface area contributed by atoms with Crippen LogP contribution in [-0.4, -0.2) is 30.1 Å². The summed E-state index contributed by atoms with van der Waals surface area (Å²) in [7, 11) is 0. The van der Waals surface area contributed by atoms with Crippen molar-refractivity contribution in [3.05, 3.63) is 36.5 Å². The standard InChI is InChI=1S/C16H18N2O2/c1-2-20-16(19)11-18(12-7-8-12)15-9-10-17-14-6-4-3-5-13(14)15/h3-6,9-10,12H,2,7-8,11H2,1H3. The number of benzene rings is 1. The largest absolute Gasteiger partial charge is 0.465 e. The van der Waals surface area contributed by atoms with Crippen LogP contribution < -0.4 is 4.90 Å². The molecule has 3 rings (SSSR count). The van der Waals surface area contributed by atoms with E-state index in [1.54, 1.807) is 6.20 Å². The third-order valence-corrected chi connectivity index (χ3v) is 3.53. The average Bonchev–Trinajstić information content (AvgIpc) is 3.29. The molecule has 0 radical (unpaired) electrons. The van der Waals surface area contributed by atoms with Crippen molar-refractivity contribution in [3.63, 3.8) is 0 Å². The van der Waals surface area contributed by atoms with E-state index in [0.717, 1.165) is 29.4 Å². The van der Waals surface area contributed by atoms with E-state index in [9.17, 15) is 4.79 Å². The van der Waals surface area contributed by atoms with Crippen LogP contribution in [0.15, 0.2) is 36.5 Å². The van der Waals surface area contributed by atoms with Crippen LogP contribution in [0.3, 0.4) is 0 Å². The van der Waals surface area contributed by atoms with Gasteiger partial charge in [0.05, 0.1) is 12.1 Å². The molecule has 0 atom stereocenters. The summed E-state index contributed by atoms with van der Waals surface area (Å²) in [5, 5.41) is 1.09. The molecule has 1 saturated carbocycles. The van der Waals surface area contributed by atoms with Gasteiger partial charge in [-0.3, -0.25) is 9.78 Å². The number of hydrogen-bond donors (Lipinski definition) is 0. The molecule has 0 N–H and O–H groups in total. The number of fused-ring (bicyclic) bond motifs is 1. The molecule has 0 bridgehead atoms. The summed E-state index contributed by atoms with van der Waals surface area (Å²) in [6.07, 6.45) is 4.07. The molecule has 1 fully saturated rings. The quantitative estimate of drug-likeness (QED) is 0.783. The monoisotopic (exact) mass is 270 g/mol. The van der Waals surface area contributed by atoms with E-state index in [1.165, 1.54) is 0 Å². The van der Waals surface area contributed by atoms with Crippen LogP contribution in [0, 0.1) is 0 Å².